The highest BCUT2D eigenvalue weighted by Gasteiger charge is 2.16. The van der Waals surface area contributed by atoms with E-state index in [1.54, 1.807) is 0 Å². The Balaban J connectivity index is 2.39. The molecule has 0 saturated carbocycles. The van der Waals surface area contributed by atoms with Crippen molar-refractivity contribution >= 4 is 11.9 Å². The summed E-state index contributed by atoms with van der Waals surface area (Å²) in [7, 11) is 0. The molecular weight excluding hydrogens is 310 g/mol. The van der Waals surface area contributed by atoms with Gasteiger partial charge in [-0.2, -0.15) is 0 Å². The summed E-state index contributed by atoms with van der Waals surface area (Å²) in [5.41, 5.74) is 2.10. The quantitative estimate of drug-likeness (QED) is 0.512. The van der Waals surface area contributed by atoms with E-state index in [4.69, 9.17) is 5.11 Å². The molecule has 2 atom stereocenters. The molecule has 0 aliphatic carbocycles. The van der Waals surface area contributed by atoms with Gasteiger partial charge in [0.2, 0.25) is 5.91 Å². The van der Waals surface area contributed by atoms with E-state index in [1.807, 2.05) is 24.3 Å². The molecule has 134 valence electrons. The minimum atomic E-state index is -1.12. The van der Waals surface area contributed by atoms with Crippen molar-refractivity contribution < 1.29 is 24.9 Å². The second-order valence-electron chi connectivity index (χ2n) is 6.54. The number of hydrogen-bond donors (Lipinski definition) is 4. The Bertz CT molecular complexity index is 544. The van der Waals surface area contributed by atoms with Crippen molar-refractivity contribution in [3.05, 3.63) is 35.4 Å². The van der Waals surface area contributed by atoms with Crippen LogP contribution in [0.15, 0.2) is 24.3 Å². The molecular formula is C18H27NO5. The Labute approximate surface area is 142 Å². The molecule has 0 saturated heterocycles. The number of aliphatic hydroxyl groups excluding tert-OH is 2. The van der Waals surface area contributed by atoms with Gasteiger partial charge in [0.15, 0.2) is 0 Å². The zero-order valence-corrected chi connectivity index (χ0v) is 14.2. The van der Waals surface area contributed by atoms with E-state index >= 15 is 0 Å². The van der Waals surface area contributed by atoms with E-state index in [0.717, 1.165) is 12.0 Å². The minimum Gasteiger partial charge on any atom is -0.481 e. The number of aliphatic hydroxyl groups is 2. The highest BCUT2D eigenvalue weighted by Crippen LogP contribution is 2.11. The van der Waals surface area contributed by atoms with E-state index in [0.29, 0.717) is 5.92 Å². The topological polar surface area (TPSA) is 107 Å². The second-order valence-corrected chi connectivity index (χ2v) is 6.54. The molecule has 0 aliphatic heterocycles. The van der Waals surface area contributed by atoms with Crippen molar-refractivity contribution in [2.75, 3.05) is 6.54 Å². The van der Waals surface area contributed by atoms with Gasteiger partial charge in [0.1, 0.15) is 0 Å². The maximum absolute atomic E-state index is 11.9. The monoisotopic (exact) mass is 337 g/mol. The first kappa shape index (κ1) is 20.1. The summed E-state index contributed by atoms with van der Waals surface area (Å²) in [5.74, 6) is -0.801. The number of benzene rings is 1. The third-order valence-electron chi connectivity index (χ3n) is 3.49. The molecule has 1 aromatic rings. The van der Waals surface area contributed by atoms with E-state index in [1.165, 1.54) is 5.56 Å². The van der Waals surface area contributed by atoms with Crippen molar-refractivity contribution in [3.8, 4) is 0 Å². The Morgan fingerprint density at radius 3 is 2.42 bits per heavy atom. The number of carboxylic acid groups (broad SMARTS) is 1. The molecule has 6 heteroatoms. The Kier molecular flexibility index (Phi) is 8.43. The van der Waals surface area contributed by atoms with E-state index in [9.17, 15) is 19.8 Å². The molecule has 0 unspecified atom stereocenters. The lowest BCUT2D eigenvalue weighted by molar-refractivity contribution is -0.139. The highest BCUT2D eigenvalue weighted by molar-refractivity contribution is 5.78. The molecule has 1 amide bonds. The summed E-state index contributed by atoms with van der Waals surface area (Å²) in [4.78, 5) is 22.4. The molecule has 0 heterocycles. The predicted molar refractivity (Wildman–Crippen MR) is 90.6 cm³/mol. The van der Waals surface area contributed by atoms with Gasteiger partial charge < -0.3 is 20.6 Å². The number of carbonyl (C=O) groups excluding carboxylic acids is 1. The van der Waals surface area contributed by atoms with Crippen molar-refractivity contribution in [3.63, 3.8) is 0 Å². The summed E-state index contributed by atoms with van der Waals surface area (Å²) in [6.45, 7) is 4.26. The first-order chi connectivity index (χ1) is 11.3. The van der Waals surface area contributed by atoms with Crippen LogP contribution in [0.25, 0.3) is 0 Å². The van der Waals surface area contributed by atoms with Gasteiger partial charge in [-0.15, -0.1) is 0 Å². The smallest absolute Gasteiger partial charge is 0.305 e. The van der Waals surface area contributed by atoms with Gasteiger partial charge in [-0.25, -0.2) is 0 Å². The zero-order chi connectivity index (χ0) is 18.1. The van der Waals surface area contributed by atoms with Crippen molar-refractivity contribution in [2.45, 2.75) is 51.7 Å². The predicted octanol–water partition coefficient (Wildman–Crippen LogP) is 1.13. The molecule has 1 rings (SSSR count). The van der Waals surface area contributed by atoms with E-state index in [-0.39, 0.29) is 25.3 Å². The molecule has 1 aromatic carbocycles. The molecule has 0 bridgehead atoms. The fraction of sp³-hybridized carbons (Fsp3) is 0.556. The molecule has 0 fully saturated rings. The van der Waals surface area contributed by atoms with Gasteiger partial charge in [0.05, 0.1) is 25.0 Å². The summed E-state index contributed by atoms with van der Waals surface area (Å²) < 4.78 is 0. The summed E-state index contributed by atoms with van der Waals surface area (Å²) in [5, 5.41) is 30.3. The molecule has 0 aliphatic rings. The standard InChI is InChI=1S/C18H27NO5/c1-12(2)6-13-4-3-5-14(7-13)8-17(22)19-11-16(21)9-15(20)10-18(23)24/h3-5,7,12,15-16,20-21H,6,8-11H2,1-2H3,(H,19,22)(H,23,24)/t15-,16+/m1/s1. The Morgan fingerprint density at radius 1 is 1.12 bits per heavy atom. The highest BCUT2D eigenvalue weighted by atomic mass is 16.4. The maximum atomic E-state index is 11.9. The Hall–Kier alpha value is -1.92. The average Bonchev–Trinajstić information content (AvgIpc) is 2.43. The molecule has 4 N–H and O–H groups in total. The van der Waals surface area contributed by atoms with Crippen molar-refractivity contribution in [1.29, 1.82) is 0 Å². The van der Waals surface area contributed by atoms with E-state index in [2.05, 4.69) is 19.2 Å². The summed E-state index contributed by atoms with van der Waals surface area (Å²) in [6.07, 6.45) is -1.44. The summed E-state index contributed by atoms with van der Waals surface area (Å²) >= 11 is 0. The van der Waals surface area contributed by atoms with Gasteiger partial charge in [0.25, 0.3) is 0 Å². The van der Waals surface area contributed by atoms with Crippen LogP contribution in [0.1, 0.15) is 37.8 Å². The number of carboxylic acids is 1. The van der Waals surface area contributed by atoms with E-state index < -0.39 is 24.6 Å². The lowest BCUT2D eigenvalue weighted by Gasteiger charge is -2.15. The fourth-order valence-electron chi connectivity index (χ4n) is 2.50. The van der Waals surface area contributed by atoms with Gasteiger partial charge in [0, 0.05) is 13.0 Å². The van der Waals surface area contributed by atoms with Crippen LogP contribution in [-0.4, -0.2) is 45.9 Å². The lowest BCUT2D eigenvalue weighted by Crippen LogP contribution is -2.35. The van der Waals surface area contributed by atoms with Crippen LogP contribution in [-0.2, 0) is 22.4 Å². The lowest BCUT2D eigenvalue weighted by atomic mass is 10.00. The summed E-state index contributed by atoms with van der Waals surface area (Å²) in [6, 6.07) is 7.86. The third-order valence-corrected chi connectivity index (χ3v) is 3.49. The fourth-order valence-corrected chi connectivity index (χ4v) is 2.50. The Morgan fingerprint density at radius 2 is 1.79 bits per heavy atom. The second kappa shape index (κ2) is 10.1. The van der Waals surface area contributed by atoms with Crippen LogP contribution >= 0.6 is 0 Å². The van der Waals surface area contributed by atoms with Crippen LogP contribution in [0.2, 0.25) is 0 Å². The van der Waals surface area contributed by atoms with Crippen molar-refractivity contribution in [1.82, 2.24) is 5.32 Å². The SMILES string of the molecule is CC(C)Cc1cccc(CC(=O)NC[C@@H](O)C[C@@H](O)CC(=O)O)c1. The first-order valence-electron chi connectivity index (χ1n) is 8.18. The normalized spacial score (nSPS) is 13.5. The molecule has 0 spiro atoms. The van der Waals surface area contributed by atoms with Crippen LogP contribution in [0.4, 0.5) is 0 Å². The minimum absolute atomic E-state index is 0.0127. The molecule has 0 aromatic heterocycles. The number of hydrogen-bond acceptors (Lipinski definition) is 4. The van der Waals surface area contributed by atoms with Crippen LogP contribution in [0.5, 0.6) is 0 Å². The molecule has 6 nitrogen and oxygen atoms in total. The number of carbonyl (C=O) groups is 2. The number of amides is 1. The first-order valence-corrected chi connectivity index (χ1v) is 8.18. The largest absolute Gasteiger partial charge is 0.481 e. The van der Waals surface area contributed by atoms with Crippen LogP contribution in [0.3, 0.4) is 0 Å². The average molecular weight is 337 g/mol. The molecule has 0 radical (unpaired) electrons. The van der Waals surface area contributed by atoms with Gasteiger partial charge in [-0.3, -0.25) is 9.59 Å². The number of nitrogens with one attached hydrogen (secondary N) is 1. The number of aliphatic carboxylic acids is 1. The van der Waals surface area contributed by atoms with Gasteiger partial charge in [-0.05, 0) is 23.5 Å². The van der Waals surface area contributed by atoms with Crippen molar-refractivity contribution in [2.24, 2.45) is 5.92 Å². The maximum Gasteiger partial charge on any atom is 0.305 e. The van der Waals surface area contributed by atoms with Gasteiger partial charge >= 0.3 is 5.97 Å². The van der Waals surface area contributed by atoms with Gasteiger partial charge in [-0.1, -0.05) is 38.1 Å². The third kappa shape index (κ3) is 8.64. The van der Waals surface area contributed by atoms with Crippen LogP contribution in [0, 0.1) is 5.92 Å². The number of rotatable bonds is 10. The zero-order valence-electron chi connectivity index (χ0n) is 14.2. The van der Waals surface area contributed by atoms with Crippen LogP contribution < -0.4 is 5.32 Å². The molecule has 24 heavy (non-hydrogen) atoms.